The summed E-state index contributed by atoms with van der Waals surface area (Å²) in [5, 5.41) is 11.0. The maximum Gasteiger partial charge on any atom is 0.203 e. The fourth-order valence-electron chi connectivity index (χ4n) is 3.99. The third-order valence-corrected chi connectivity index (χ3v) is 5.85. The lowest BCUT2D eigenvalue weighted by molar-refractivity contribution is 0.184. The van der Waals surface area contributed by atoms with E-state index in [4.69, 9.17) is 0 Å². The number of aliphatic hydroxyl groups is 1. The maximum atomic E-state index is 15.9. The van der Waals surface area contributed by atoms with Crippen molar-refractivity contribution in [3.8, 4) is 11.8 Å². The lowest BCUT2D eigenvalue weighted by Gasteiger charge is -2.16. The van der Waals surface area contributed by atoms with Crippen LogP contribution in [0.3, 0.4) is 0 Å². The average Bonchev–Trinajstić information content (AvgIpc) is 3.36. The number of rotatable bonds is 5. The Kier molecular flexibility index (Phi) is 6.52. The van der Waals surface area contributed by atoms with Gasteiger partial charge in [-0.05, 0) is 47.5 Å². The first-order valence-corrected chi connectivity index (χ1v) is 11.4. The molecule has 0 amide bonds. The van der Waals surface area contributed by atoms with Crippen LogP contribution in [0.5, 0.6) is 0 Å². The van der Waals surface area contributed by atoms with E-state index in [9.17, 15) is 5.11 Å². The van der Waals surface area contributed by atoms with Crippen molar-refractivity contribution < 1.29 is 9.50 Å². The molecule has 0 fully saturated rings. The molecule has 5 aromatic rings. The highest BCUT2D eigenvalue weighted by atomic mass is 19.1. The van der Waals surface area contributed by atoms with Gasteiger partial charge in [0.1, 0.15) is 6.33 Å². The number of aliphatic hydroxyl groups excluding tert-OH is 1. The molecule has 3 nitrogen and oxygen atoms in total. The van der Waals surface area contributed by atoms with Crippen LogP contribution in [0.4, 0.5) is 4.39 Å². The molecule has 4 aromatic carbocycles. The van der Waals surface area contributed by atoms with Gasteiger partial charge in [0, 0.05) is 23.1 Å². The van der Waals surface area contributed by atoms with E-state index in [1.54, 1.807) is 0 Å². The molecule has 1 unspecified atom stereocenters. The molecule has 5 rings (SSSR count). The molecular weight excluding hydrogens is 435 g/mol. The molecule has 35 heavy (non-hydrogen) atoms. The Bertz CT molecular complexity index is 1530. The van der Waals surface area contributed by atoms with Gasteiger partial charge in [0.15, 0.2) is 0 Å². The van der Waals surface area contributed by atoms with Crippen LogP contribution in [0.1, 0.15) is 34.8 Å². The van der Waals surface area contributed by atoms with E-state index in [0.717, 1.165) is 11.1 Å². The summed E-state index contributed by atoms with van der Waals surface area (Å²) >= 11 is 0. The largest absolute Gasteiger partial charge is 0.388 e. The molecule has 0 spiro atoms. The number of para-hydroxylation sites is 2. The summed E-state index contributed by atoms with van der Waals surface area (Å²) in [5.41, 5.74) is 5.00. The first-order chi connectivity index (χ1) is 17.2. The number of hydrogen-bond donors (Lipinski definition) is 1. The van der Waals surface area contributed by atoms with Gasteiger partial charge in [0.2, 0.25) is 5.95 Å². The van der Waals surface area contributed by atoms with E-state index in [0.29, 0.717) is 27.7 Å². The molecule has 0 aliphatic rings. The van der Waals surface area contributed by atoms with Crippen molar-refractivity contribution >= 4 is 22.6 Å². The van der Waals surface area contributed by atoms with Crippen LogP contribution < -0.4 is 0 Å². The minimum Gasteiger partial charge on any atom is -0.388 e. The van der Waals surface area contributed by atoms with Gasteiger partial charge in [-0.3, -0.25) is 4.57 Å². The van der Waals surface area contributed by atoms with Gasteiger partial charge >= 0.3 is 0 Å². The predicted octanol–water partition coefficient (Wildman–Crippen LogP) is 6.86. The van der Waals surface area contributed by atoms with Crippen LogP contribution in [0.2, 0.25) is 0 Å². The van der Waals surface area contributed by atoms with E-state index >= 15 is 4.39 Å². The van der Waals surface area contributed by atoms with Crippen LogP contribution in [0.15, 0.2) is 116 Å². The quantitative estimate of drug-likeness (QED) is 0.292. The molecular formula is C31H23FN2O. The van der Waals surface area contributed by atoms with E-state index in [1.165, 1.54) is 10.9 Å². The smallest absolute Gasteiger partial charge is 0.203 e. The van der Waals surface area contributed by atoms with Crippen LogP contribution in [-0.4, -0.2) is 14.7 Å². The zero-order valence-corrected chi connectivity index (χ0v) is 19.0. The fraction of sp³-hybridized carbons (Fsp3) is 0.0645. The second-order valence-corrected chi connectivity index (χ2v) is 8.20. The van der Waals surface area contributed by atoms with Gasteiger partial charge in [-0.25, -0.2) is 4.98 Å². The van der Waals surface area contributed by atoms with Gasteiger partial charge < -0.3 is 5.11 Å². The summed E-state index contributed by atoms with van der Waals surface area (Å²) in [6.07, 6.45) is 0.703. The minimum absolute atomic E-state index is 0.109. The molecule has 4 heteroatoms. The van der Waals surface area contributed by atoms with Crippen molar-refractivity contribution in [3.05, 3.63) is 138 Å². The Morgan fingerprint density at radius 1 is 0.771 bits per heavy atom. The number of nitrogens with zero attached hydrogens (tertiary/aromatic N) is 2. The van der Waals surface area contributed by atoms with Crippen molar-refractivity contribution in [1.82, 2.24) is 9.55 Å². The molecule has 1 N–H and O–H groups in total. The molecule has 0 radical (unpaired) electrons. The fourth-order valence-corrected chi connectivity index (χ4v) is 3.99. The number of halogens is 1. The number of imidazole rings is 1. The third-order valence-electron chi connectivity index (χ3n) is 5.85. The van der Waals surface area contributed by atoms with Crippen LogP contribution in [0, 0.1) is 11.8 Å². The summed E-state index contributed by atoms with van der Waals surface area (Å²) < 4.78 is 17.4. The summed E-state index contributed by atoms with van der Waals surface area (Å²) in [6, 6.07) is 33.9. The number of fused-ring (bicyclic) bond motifs is 1. The molecule has 0 saturated carbocycles. The zero-order valence-electron chi connectivity index (χ0n) is 19.0. The second kappa shape index (κ2) is 10.2. The molecule has 0 aliphatic heterocycles. The summed E-state index contributed by atoms with van der Waals surface area (Å²) in [7, 11) is 0. The lowest BCUT2D eigenvalue weighted by Crippen LogP contribution is -2.03. The first-order valence-electron chi connectivity index (χ1n) is 11.4. The first kappa shape index (κ1) is 22.3. The van der Waals surface area contributed by atoms with Gasteiger partial charge in [-0.1, -0.05) is 84.6 Å². The number of hydrogen-bond acceptors (Lipinski definition) is 2. The van der Waals surface area contributed by atoms with E-state index in [2.05, 4.69) is 16.8 Å². The molecule has 0 aliphatic carbocycles. The second-order valence-electron chi connectivity index (χ2n) is 8.20. The third kappa shape index (κ3) is 5.06. The molecule has 1 heterocycles. The van der Waals surface area contributed by atoms with Crippen LogP contribution >= 0.6 is 0 Å². The lowest BCUT2D eigenvalue weighted by atomic mass is 9.96. The molecule has 0 bridgehead atoms. The summed E-state index contributed by atoms with van der Waals surface area (Å²) in [5.74, 6) is 5.82. The molecule has 170 valence electrons. The Hall–Kier alpha value is -4.46. The topological polar surface area (TPSA) is 38.0 Å². The van der Waals surface area contributed by atoms with Crippen molar-refractivity contribution in [2.45, 2.75) is 12.5 Å². The SMILES string of the molecule is OC(CC(=C(F)n1cnc2ccccc21)c1ccccc1)c1ccc(C#Cc2ccccc2)cc1. The average molecular weight is 459 g/mol. The zero-order chi connectivity index (χ0) is 24.0. The number of aromatic nitrogens is 2. The van der Waals surface area contributed by atoms with Gasteiger partial charge in [-0.2, -0.15) is 4.39 Å². The summed E-state index contributed by atoms with van der Waals surface area (Å²) in [6.45, 7) is 0. The van der Waals surface area contributed by atoms with Crippen molar-refractivity contribution in [2.24, 2.45) is 0 Å². The Morgan fingerprint density at radius 3 is 2.09 bits per heavy atom. The Labute approximate surface area is 203 Å². The normalized spacial score (nSPS) is 12.5. The van der Waals surface area contributed by atoms with Gasteiger partial charge in [0.05, 0.1) is 17.1 Å². The molecule has 1 aromatic heterocycles. The Morgan fingerprint density at radius 2 is 1.37 bits per heavy atom. The summed E-state index contributed by atoms with van der Waals surface area (Å²) in [4.78, 5) is 4.32. The van der Waals surface area contributed by atoms with Crippen molar-refractivity contribution in [3.63, 3.8) is 0 Å². The van der Waals surface area contributed by atoms with Crippen LogP contribution in [-0.2, 0) is 0 Å². The van der Waals surface area contributed by atoms with Gasteiger partial charge in [-0.15, -0.1) is 0 Å². The van der Waals surface area contributed by atoms with E-state index in [-0.39, 0.29) is 6.42 Å². The monoisotopic (exact) mass is 458 g/mol. The number of benzene rings is 4. The predicted molar refractivity (Wildman–Crippen MR) is 139 cm³/mol. The molecule has 1 atom stereocenters. The highest BCUT2D eigenvalue weighted by Crippen LogP contribution is 2.33. The minimum atomic E-state index is -0.887. The van der Waals surface area contributed by atoms with Crippen molar-refractivity contribution in [2.75, 3.05) is 0 Å². The van der Waals surface area contributed by atoms with E-state index < -0.39 is 12.1 Å². The highest BCUT2D eigenvalue weighted by molar-refractivity contribution is 5.86. The molecule has 0 saturated heterocycles. The maximum absolute atomic E-state index is 15.9. The van der Waals surface area contributed by atoms with Crippen LogP contribution in [0.25, 0.3) is 22.6 Å². The van der Waals surface area contributed by atoms with E-state index in [1.807, 2.05) is 109 Å². The van der Waals surface area contributed by atoms with Crippen molar-refractivity contribution in [1.29, 1.82) is 0 Å². The Balaban J connectivity index is 1.44. The highest BCUT2D eigenvalue weighted by Gasteiger charge is 2.19. The standard InChI is InChI=1S/C31H23FN2O/c32-31(34-22-33-28-13-7-8-14-29(28)34)27(25-11-5-2-6-12-25)21-30(35)26-19-17-24(18-20-26)16-15-23-9-3-1-4-10-23/h1-14,17-20,22,30,35H,21H2. The van der Waals surface area contributed by atoms with Gasteiger partial charge in [0.25, 0.3) is 0 Å².